The largest absolute Gasteiger partial charge is 0.493 e. The van der Waals surface area contributed by atoms with Crippen LogP contribution >= 0.6 is 11.6 Å². The minimum Gasteiger partial charge on any atom is -0.493 e. The summed E-state index contributed by atoms with van der Waals surface area (Å²) in [6, 6.07) is 14.1. The molecule has 2 aromatic rings. The van der Waals surface area contributed by atoms with Crippen LogP contribution in [-0.2, 0) is 16.0 Å². The zero-order chi connectivity index (χ0) is 25.9. The van der Waals surface area contributed by atoms with Gasteiger partial charge in [-0.05, 0) is 55.4 Å². The summed E-state index contributed by atoms with van der Waals surface area (Å²) >= 11 is 6.69. The number of allylic oxidation sites excluding steroid dienone is 4. The van der Waals surface area contributed by atoms with Crippen molar-refractivity contribution in [3.8, 4) is 11.5 Å². The van der Waals surface area contributed by atoms with Gasteiger partial charge in [-0.15, -0.1) is 0 Å². The molecule has 0 amide bonds. The third-order valence-electron chi connectivity index (χ3n) is 7.48. The van der Waals surface area contributed by atoms with Crippen molar-refractivity contribution < 1.29 is 19.1 Å². The van der Waals surface area contributed by atoms with Crippen molar-refractivity contribution in [2.24, 2.45) is 0 Å². The molecule has 0 unspecified atom stereocenters. The molecule has 0 saturated carbocycles. The van der Waals surface area contributed by atoms with E-state index >= 15 is 0 Å². The van der Waals surface area contributed by atoms with E-state index in [4.69, 9.17) is 21.1 Å². The number of carbonyl (C=O) groups is 2. The molecular formula is C31H32ClNO4. The second-order valence-electron chi connectivity index (χ2n) is 9.73. The number of nitrogens with zero attached hydrogens (tertiary/aromatic N) is 1. The SMILES string of the molecule is C=CCOc1c(Cl)cc(C2C3=C(CCCC3=O)N(CCc3ccccc3)C3=C2C(=O)CCC3)cc1OC. The van der Waals surface area contributed by atoms with Gasteiger partial charge in [-0.3, -0.25) is 9.59 Å². The van der Waals surface area contributed by atoms with Gasteiger partial charge in [0, 0.05) is 47.8 Å². The van der Waals surface area contributed by atoms with Crippen molar-refractivity contribution >= 4 is 23.2 Å². The number of Topliss-reactive ketones (excluding diaryl/α,β-unsaturated/α-hetero) is 2. The molecule has 3 aliphatic rings. The van der Waals surface area contributed by atoms with Crippen LogP contribution in [0.4, 0.5) is 0 Å². The number of halogens is 1. The molecule has 2 aromatic carbocycles. The molecule has 0 saturated heterocycles. The first-order chi connectivity index (χ1) is 18.0. The summed E-state index contributed by atoms with van der Waals surface area (Å²) in [6.07, 6.45) is 6.75. The lowest BCUT2D eigenvalue weighted by atomic mass is 9.71. The predicted molar refractivity (Wildman–Crippen MR) is 145 cm³/mol. The van der Waals surface area contributed by atoms with Gasteiger partial charge >= 0.3 is 0 Å². The fraction of sp³-hybridized carbons (Fsp3) is 0.355. The first-order valence-corrected chi connectivity index (χ1v) is 13.4. The Balaban J connectivity index is 1.64. The molecule has 5 nitrogen and oxygen atoms in total. The minimum absolute atomic E-state index is 0.114. The Kier molecular flexibility index (Phi) is 7.52. The van der Waals surface area contributed by atoms with Crippen molar-refractivity contribution in [1.29, 1.82) is 0 Å². The highest BCUT2D eigenvalue weighted by atomic mass is 35.5. The third-order valence-corrected chi connectivity index (χ3v) is 7.76. The number of methoxy groups -OCH3 is 1. The number of ketones is 2. The molecule has 1 heterocycles. The van der Waals surface area contributed by atoms with Gasteiger partial charge in [-0.1, -0.05) is 54.6 Å². The number of carbonyl (C=O) groups excluding carboxylic acids is 2. The van der Waals surface area contributed by atoms with Gasteiger partial charge in [0.25, 0.3) is 0 Å². The van der Waals surface area contributed by atoms with Gasteiger partial charge in [0.1, 0.15) is 6.61 Å². The summed E-state index contributed by atoms with van der Waals surface area (Å²) in [5.41, 5.74) is 5.64. The number of benzene rings is 2. The summed E-state index contributed by atoms with van der Waals surface area (Å²) < 4.78 is 11.4. The Labute approximate surface area is 223 Å². The van der Waals surface area contributed by atoms with Crippen LogP contribution in [0, 0.1) is 0 Å². The number of hydrogen-bond donors (Lipinski definition) is 0. The molecule has 2 aliphatic carbocycles. The second-order valence-corrected chi connectivity index (χ2v) is 10.1. The van der Waals surface area contributed by atoms with E-state index in [2.05, 4.69) is 23.6 Å². The van der Waals surface area contributed by atoms with Crippen molar-refractivity contribution in [3.63, 3.8) is 0 Å². The molecule has 0 bridgehead atoms. The fourth-order valence-electron chi connectivity index (χ4n) is 5.89. The van der Waals surface area contributed by atoms with E-state index < -0.39 is 5.92 Å². The van der Waals surface area contributed by atoms with Crippen LogP contribution in [0.1, 0.15) is 55.6 Å². The Morgan fingerprint density at radius 2 is 1.65 bits per heavy atom. The molecule has 0 aromatic heterocycles. The summed E-state index contributed by atoms with van der Waals surface area (Å²) in [5.74, 6) is 0.692. The maximum absolute atomic E-state index is 13.5. The average Bonchev–Trinajstić information content (AvgIpc) is 2.91. The van der Waals surface area contributed by atoms with Crippen molar-refractivity contribution in [2.75, 3.05) is 20.3 Å². The molecule has 0 spiro atoms. The summed E-state index contributed by atoms with van der Waals surface area (Å²) in [6.45, 7) is 4.73. The van der Waals surface area contributed by atoms with Gasteiger partial charge in [0.05, 0.1) is 12.1 Å². The molecule has 0 atom stereocenters. The summed E-state index contributed by atoms with van der Waals surface area (Å²) in [4.78, 5) is 29.4. The summed E-state index contributed by atoms with van der Waals surface area (Å²) in [7, 11) is 1.56. The van der Waals surface area contributed by atoms with Gasteiger partial charge in [0.2, 0.25) is 0 Å². The highest BCUT2D eigenvalue weighted by Crippen LogP contribution is 2.51. The second kappa shape index (κ2) is 11.0. The Bertz CT molecular complexity index is 1250. The first kappa shape index (κ1) is 25.3. The molecule has 0 radical (unpaired) electrons. The fourth-order valence-corrected chi connectivity index (χ4v) is 6.17. The molecule has 37 heavy (non-hydrogen) atoms. The molecule has 1 aliphatic heterocycles. The Hall–Kier alpha value is -3.31. The monoisotopic (exact) mass is 517 g/mol. The van der Waals surface area contributed by atoms with Crippen molar-refractivity contribution in [3.05, 3.63) is 93.8 Å². The Morgan fingerprint density at radius 3 is 2.24 bits per heavy atom. The van der Waals surface area contributed by atoms with E-state index in [1.807, 2.05) is 30.3 Å². The lowest BCUT2D eigenvalue weighted by Gasteiger charge is -2.44. The van der Waals surface area contributed by atoms with Crippen molar-refractivity contribution in [1.82, 2.24) is 4.90 Å². The number of rotatable bonds is 8. The van der Waals surface area contributed by atoms with Crippen LogP contribution in [0.2, 0.25) is 5.02 Å². The number of ether oxygens (including phenoxy) is 2. The molecular weight excluding hydrogens is 486 g/mol. The van der Waals surface area contributed by atoms with E-state index in [0.717, 1.165) is 66.8 Å². The average molecular weight is 518 g/mol. The minimum atomic E-state index is -0.446. The van der Waals surface area contributed by atoms with E-state index in [-0.39, 0.29) is 18.2 Å². The third kappa shape index (κ3) is 4.85. The smallest absolute Gasteiger partial charge is 0.180 e. The van der Waals surface area contributed by atoms with E-state index in [0.29, 0.717) is 29.4 Å². The molecule has 0 N–H and O–H groups in total. The van der Waals surface area contributed by atoms with Gasteiger partial charge in [-0.25, -0.2) is 0 Å². The maximum atomic E-state index is 13.5. The highest BCUT2D eigenvalue weighted by molar-refractivity contribution is 6.32. The van der Waals surface area contributed by atoms with Gasteiger partial charge in [-0.2, -0.15) is 0 Å². The molecule has 5 rings (SSSR count). The molecule has 0 fully saturated rings. The number of hydrogen-bond acceptors (Lipinski definition) is 5. The van der Waals surface area contributed by atoms with Crippen LogP contribution in [-0.4, -0.2) is 36.7 Å². The zero-order valence-corrected chi connectivity index (χ0v) is 22.0. The van der Waals surface area contributed by atoms with Crippen molar-refractivity contribution in [2.45, 2.75) is 50.9 Å². The molecule has 6 heteroatoms. The first-order valence-electron chi connectivity index (χ1n) is 13.0. The standard InChI is InChI=1S/C31H32ClNO4/c1-3-17-37-31-22(32)18-21(19-27(31)36-2)28-29-23(11-7-13-25(29)34)33(16-15-20-9-5-4-6-10-20)24-12-8-14-26(35)30(24)28/h3-6,9-10,18-19,28H,1,7-8,11-17H2,2H3. The van der Waals surface area contributed by atoms with Crippen LogP contribution in [0.25, 0.3) is 0 Å². The topological polar surface area (TPSA) is 55.8 Å². The Morgan fingerprint density at radius 1 is 1.00 bits per heavy atom. The lowest BCUT2D eigenvalue weighted by molar-refractivity contribution is -0.117. The van der Waals surface area contributed by atoms with E-state index in [9.17, 15) is 9.59 Å². The van der Waals surface area contributed by atoms with E-state index in [1.165, 1.54) is 5.56 Å². The maximum Gasteiger partial charge on any atom is 0.180 e. The van der Waals surface area contributed by atoms with Crippen LogP contribution in [0.15, 0.2) is 77.7 Å². The normalized spacial score (nSPS) is 18.1. The lowest BCUT2D eigenvalue weighted by Crippen LogP contribution is -2.40. The van der Waals surface area contributed by atoms with Gasteiger partial charge in [0.15, 0.2) is 23.1 Å². The molecule has 192 valence electrons. The highest BCUT2D eigenvalue weighted by Gasteiger charge is 2.43. The summed E-state index contributed by atoms with van der Waals surface area (Å²) in [5, 5.41) is 0.388. The van der Waals surface area contributed by atoms with Crippen LogP contribution in [0.5, 0.6) is 11.5 Å². The predicted octanol–water partition coefficient (Wildman–Crippen LogP) is 6.57. The zero-order valence-electron chi connectivity index (χ0n) is 21.2. The van der Waals surface area contributed by atoms with Crippen LogP contribution < -0.4 is 9.47 Å². The van der Waals surface area contributed by atoms with Crippen LogP contribution in [0.3, 0.4) is 0 Å². The van der Waals surface area contributed by atoms with E-state index in [1.54, 1.807) is 13.2 Å². The van der Waals surface area contributed by atoms with Gasteiger partial charge < -0.3 is 14.4 Å². The quantitative estimate of drug-likeness (QED) is 0.371.